The van der Waals surface area contributed by atoms with Gasteiger partial charge >= 0.3 is 22.5 Å². The molecule has 0 aromatic heterocycles. The maximum atomic E-state index is 13.7. The van der Waals surface area contributed by atoms with E-state index in [-0.39, 0.29) is 48.8 Å². The summed E-state index contributed by atoms with van der Waals surface area (Å²) < 4.78 is 0. The Labute approximate surface area is 270 Å². The molecule has 1 aliphatic heterocycles. The maximum absolute atomic E-state index is 13.7. The molecule has 4 rings (SSSR count). The summed E-state index contributed by atoms with van der Waals surface area (Å²) in [5.74, 6) is -1.28. The second kappa shape index (κ2) is 18.0. The van der Waals surface area contributed by atoms with Crippen LogP contribution in [0.2, 0.25) is 0 Å². The molecule has 0 spiro atoms. The molecule has 9 nitrogen and oxygen atoms in total. The number of hydrogen-bond donors (Lipinski definition) is 1. The van der Waals surface area contributed by atoms with Crippen molar-refractivity contribution < 1.29 is 31.2 Å². The minimum absolute atomic E-state index is 0. The predicted molar refractivity (Wildman–Crippen MR) is 172 cm³/mol. The van der Waals surface area contributed by atoms with Gasteiger partial charge in [0.15, 0.2) is 5.54 Å². The molecular weight excluding hydrogens is 599 g/mol. The van der Waals surface area contributed by atoms with Crippen molar-refractivity contribution >= 4 is 23.3 Å². The zero-order chi connectivity index (χ0) is 29.8. The molecule has 2 atom stereocenters. The molecule has 1 fully saturated rings. The number of piperidine rings is 1. The number of carbonyl (C=O) groups excluding carboxylic acids is 1. The number of aliphatic carboxylic acids is 1. The molecule has 3 aromatic carbocycles. The summed E-state index contributed by atoms with van der Waals surface area (Å²) in [6, 6.07) is 26.6. The SMILES string of the molecule is C[C@@](CCCN=[N+]=[N-])(N=C(c1ccccc1)c1ccccc1[N-]C(=O)C1CCCCN1CCc1ccccc1)C(=O)O.[CH3-].[Ni+2]. The summed E-state index contributed by atoms with van der Waals surface area (Å²) in [5.41, 5.74) is 10.6. The Hall–Kier alpha value is -3.97. The molecule has 0 saturated carbocycles. The van der Waals surface area contributed by atoms with Gasteiger partial charge in [0.25, 0.3) is 0 Å². The van der Waals surface area contributed by atoms with Crippen LogP contribution in [0.3, 0.4) is 0 Å². The first-order valence-electron chi connectivity index (χ1n) is 14.4. The summed E-state index contributed by atoms with van der Waals surface area (Å²) in [4.78, 5) is 36.0. The van der Waals surface area contributed by atoms with Gasteiger partial charge in [-0.2, -0.15) is 0 Å². The summed E-state index contributed by atoms with van der Waals surface area (Å²) >= 11 is 0. The van der Waals surface area contributed by atoms with Crippen molar-refractivity contribution in [3.63, 3.8) is 0 Å². The maximum Gasteiger partial charge on any atom is 2.00 e. The zero-order valence-corrected chi connectivity index (χ0v) is 26.3. The third kappa shape index (κ3) is 9.78. The minimum atomic E-state index is -1.48. The van der Waals surface area contributed by atoms with E-state index in [1.54, 1.807) is 13.0 Å². The zero-order valence-electron chi connectivity index (χ0n) is 25.3. The molecule has 0 bridgehead atoms. The van der Waals surface area contributed by atoms with Crippen molar-refractivity contribution in [2.75, 3.05) is 19.6 Å². The van der Waals surface area contributed by atoms with Crippen LogP contribution in [-0.4, -0.2) is 58.8 Å². The molecule has 44 heavy (non-hydrogen) atoms. The minimum Gasteiger partial charge on any atom is -0.625 e. The van der Waals surface area contributed by atoms with E-state index in [9.17, 15) is 14.7 Å². The summed E-state index contributed by atoms with van der Waals surface area (Å²) in [7, 11) is 0. The van der Waals surface area contributed by atoms with Crippen LogP contribution in [0.4, 0.5) is 5.69 Å². The van der Waals surface area contributed by atoms with Crippen molar-refractivity contribution in [1.29, 1.82) is 0 Å². The van der Waals surface area contributed by atoms with Crippen LogP contribution in [0, 0.1) is 7.43 Å². The van der Waals surface area contributed by atoms with Crippen LogP contribution in [0.1, 0.15) is 55.7 Å². The van der Waals surface area contributed by atoms with Gasteiger partial charge < -0.3 is 22.6 Å². The molecule has 1 saturated heterocycles. The second-order valence-corrected chi connectivity index (χ2v) is 10.7. The number of nitrogens with zero attached hydrogens (tertiary/aromatic N) is 6. The van der Waals surface area contributed by atoms with Gasteiger partial charge in [-0.25, -0.2) is 4.79 Å². The fraction of sp³-hybridized carbons (Fsp3) is 0.353. The first kappa shape index (κ1) is 36.2. The Morgan fingerprint density at radius 1 is 1.02 bits per heavy atom. The van der Waals surface area contributed by atoms with Gasteiger partial charge in [-0.3, -0.25) is 9.89 Å². The van der Waals surface area contributed by atoms with Crippen molar-refractivity contribution in [1.82, 2.24) is 4.90 Å². The molecule has 1 unspecified atom stereocenters. The Morgan fingerprint density at radius 3 is 2.36 bits per heavy atom. The average molecular weight is 639 g/mol. The van der Waals surface area contributed by atoms with Crippen LogP contribution >= 0.6 is 0 Å². The van der Waals surface area contributed by atoms with Crippen LogP contribution in [0.5, 0.6) is 0 Å². The monoisotopic (exact) mass is 638 g/mol. The molecule has 1 N–H and O–H groups in total. The van der Waals surface area contributed by atoms with Gasteiger partial charge in [0, 0.05) is 23.6 Å². The fourth-order valence-electron chi connectivity index (χ4n) is 5.29. The smallest absolute Gasteiger partial charge is 0.625 e. The Bertz CT molecular complexity index is 1430. The van der Waals surface area contributed by atoms with E-state index in [4.69, 9.17) is 10.5 Å². The van der Waals surface area contributed by atoms with Crippen LogP contribution in [0.25, 0.3) is 15.8 Å². The quantitative estimate of drug-likeness (QED) is 0.0394. The number of rotatable bonds is 13. The number of likely N-dealkylation sites (tertiary alicyclic amines) is 1. The summed E-state index contributed by atoms with van der Waals surface area (Å²) in [6.07, 6.45) is 4.17. The van der Waals surface area contributed by atoms with Crippen LogP contribution in [0.15, 0.2) is 95.0 Å². The molecular formula is C34H40N6NiO3. The van der Waals surface area contributed by atoms with Crippen LogP contribution in [-0.2, 0) is 32.5 Å². The van der Waals surface area contributed by atoms with Crippen LogP contribution < -0.4 is 0 Å². The molecule has 1 amide bonds. The Morgan fingerprint density at radius 2 is 1.68 bits per heavy atom. The predicted octanol–water partition coefficient (Wildman–Crippen LogP) is 7.53. The Kier molecular flexibility index (Phi) is 14.8. The molecule has 234 valence electrons. The molecule has 3 aromatic rings. The van der Waals surface area contributed by atoms with Gasteiger partial charge in [-0.05, 0) is 62.2 Å². The van der Waals surface area contributed by atoms with E-state index in [0.717, 1.165) is 44.3 Å². The molecule has 0 radical (unpaired) electrons. The Balaban J connectivity index is 0.00000337. The topological polar surface area (TPSA) is 133 Å². The number of azide groups is 1. The summed E-state index contributed by atoms with van der Waals surface area (Å²) in [5, 5.41) is 18.4. The number of carboxylic acids is 1. The van der Waals surface area contributed by atoms with E-state index in [0.29, 0.717) is 23.4 Å². The van der Waals surface area contributed by atoms with E-state index in [1.807, 2.05) is 66.7 Å². The first-order valence-corrected chi connectivity index (χ1v) is 14.4. The summed E-state index contributed by atoms with van der Waals surface area (Å²) in [6.45, 7) is 3.37. The number of benzene rings is 3. The molecule has 10 heteroatoms. The van der Waals surface area contributed by atoms with Crippen molar-refractivity contribution in [3.8, 4) is 0 Å². The first-order chi connectivity index (χ1) is 20.4. The molecule has 0 aliphatic carbocycles. The number of aliphatic imine (C=N–C) groups is 1. The second-order valence-electron chi connectivity index (χ2n) is 10.7. The third-order valence-corrected chi connectivity index (χ3v) is 7.67. The number of para-hydroxylation sites is 1. The van der Waals surface area contributed by atoms with Crippen molar-refractivity contribution in [2.24, 2.45) is 10.1 Å². The van der Waals surface area contributed by atoms with E-state index >= 15 is 0 Å². The number of amides is 1. The molecule has 1 aliphatic rings. The average Bonchev–Trinajstić information content (AvgIpc) is 3.02. The van der Waals surface area contributed by atoms with Crippen molar-refractivity contribution in [3.05, 3.63) is 125 Å². The third-order valence-electron chi connectivity index (χ3n) is 7.67. The largest absolute Gasteiger partial charge is 2.00 e. The van der Waals surface area contributed by atoms with Gasteiger partial charge in [0.1, 0.15) is 0 Å². The van der Waals surface area contributed by atoms with E-state index in [2.05, 4.69) is 32.4 Å². The van der Waals surface area contributed by atoms with Gasteiger partial charge in [0.05, 0.1) is 17.7 Å². The van der Waals surface area contributed by atoms with Gasteiger partial charge in [-0.1, -0.05) is 96.5 Å². The normalized spacial score (nSPS) is 16.3. The standard InChI is InChI=1S/C33H38N6O3.CH3.Ni/c1-33(32(41)42,21-12-22-35-38-34)37-30(26-15-6-3-7-16-26)27-17-8-9-18-28(27)36-31(40)29-19-10-11-23-39(29)24-20-25-13-4-2-5-14-25;;/h2-9,13-18,29H,10-12,19-24H2,1H3,(H2,36,37,40,41,42);1H3;/q;-1;+2/p-1/t29?,33-;;/m0../s1. The fourth-order valence-corrected chi connectivity index (χ4v) is 5.29. The molecule has 1 heterocycles. The van der Waals surface area contributed by atoms with Gasteiger partial charge in [0.2, 0.25) is 0 Å². The number of carboxylic acid groups (broad SMARTS) is 1. The van der Waals surface area contributed by atoms with E-state index < -0.39 is 11.5 Å². The van der Waals surface area contributed by atoms with Crippen molar-refractivity contribution in [2.45, 2.75) is 57.0 Å². The van der Waals surface area contributed by atoms with E-state index in [1.165, 1.54) is 5.56 Å². The number of carbonyl (C=O) groups is 2. The number of hydrogen-bond acceptors (Lipinski definition) is 5. The van der Waals surface area contributed by atoms with Gasteiger partial charge in [-0.15, -0.1) is 5.69 Å².